The van der Waals surface area contributed by atoms with Crippen molar-refractivity contribution in [1.82, 2.24) is 0 Å². The van der Waals surface area contributed by atoms with Crippen LogP contribution in [0.4, 0.5) is 0 Å². The van der Waals surface area contributed by atoms with Crippen molar-refractivity contribution in [3.8, 4) is 22.6 Å². The standard InChI is InChI=1S/C35H40O6P2/c1-7-8-11-16-28-24-33(40-42(36,38-5)29-17-12-9-13-18-29)35(32-23-27(4)21-22-31(32)26(2)3)34(25-28)41-43(37,39-6)30-19-14-10-15-20-30/h9-10,12-15,17-25H,2,7-8,11,16H2,1,3-6H3. The van der Waals surface area contributed by atoms with E-state index in [0.29, 0.717) is 34.1 Å². The minimum absolute atomic E-state index is 0.293. The van der Waals surface area contributed by atoms with Gasteiger partial charge in [0.25, 0.3) is 0 Å². The Hall–Kier alpha value is -3.40. The summed E-state index contributed by atoms with van der Waals surface area (Å²) in [5, 5.41) is 0.831. The van der Waals surface area contributed by atoms with Crippen LogP contribution in [0.1, 0.15) is 49.8 Å². The minimum atomic E-state index is -3.84. The molecule has 4 rings (SSSR count). The number of hydrogen-bond acceptors (Lipinski definition) is 6. The Morgan fingerprint density at radius 2 is 1.26 bits per heavy atom. The van der Waals surface area contributed by atoms with Crippen LogP contribution in [-0.4, -0.2) is 14.2 Å². The zero-order valence-corrected chi connectivity index (χ0v) is 27.3. The van der Waals surface area contributed by atoms with Crippen LogP contribution >= 0.6 is 15.2 Å². The van der Waals surface area contributed by atoms with Crippen molar-refractivity contribution >= 4 is 31.4 Å². The number of aryl methyl sites for hydroxylation is 2. The van der Waals surface area contributed by atoms with Gasteiger partial charge in [0.15, 0.2) is 0 Å². The van der Waals surface area contributed by atoms with E-state index in [1.807, 2.05) is 56.3 Å². The molecule has 0 aliphatic carbocycles. The van der Waals surface area contributed by atoms with Gasteiger partial charge in [-0.1, -0.05) is 92.1 Å². The van der Waals surface area contributed by atoms with Gasteiger partial charge in [-0.3, -0.25) is 9.05 Å². The second kappa shape index (κ2) is 14.4. The average molecular weight is 619 g/mol. The second-order valence-electron chi connectivity index (χ2n) is 10.5. The molecule has 0 aromatic heterocycles. The van der Waals surface area contributed by atoms with Crippen LogP contribution in [-0.2, 0) is 24.6 Å². The van der Waals surface area contributed by atoms with Gasteiger partial charge >= 0.3 is 15.2 Å². The quantitative estimate of drug-likeness (QED) is 0.104. The van der Waals surface area contributed by atoms with Crippen molar-refractivity contribution in [3.05, 3.63) is 114 Å². The topological polar surface area (TPSA) is 71.1 Å². The molecule has 0 N–H and O–H groups in total. The third-order valence-corrected chi connectivity index (χ3v) is 10.9. The number of hydrogen-bond donors (Lipinski definition) is 0. The van der Waals surface area contributed by atoms with E-state index in [1.165, 1.54) is 14.2 Å². The first-order chi connectivity index (χ1) is 20.6. The number of benzene rings is 4. The summed E-state index contributed by atoms with van der Waals surface area (Å²) in [5.74, 6) is 0.587. The molecule has 43 heavy (non-hydrogen) atoms. The molecule has 8 heteroatoms. The fraction of sp³-hybridized carbons (Fsp3) is 0.257. The Labute approximate surface area is 255 Å². The largest absolute Gasteiger partial charge is 0.420 e. The zero-order chi connectivity index (χ0) is 31.0. The lowest BCUT2D eigenvalue weighted by atomic mass is 9.91. The van der Waals surface area contributed by atoms with Crippen LogP contribution in [0.2, 0.25) is 0 Å². The first kappa shape index (κ1) is 32.5. The van der Waals surface area contributed by atoms with Crippen LogP contribution in [0.25, 0.3) is 16.7 Å². The predicted molar refractivity (Wildman–Crippen MR) is 177 cm³/mol. The average Bonchev–Trinajstić information content (AvgIpc) is 3.01. The highest BCUT2D eigenvalue weighted by Gasteiger charge is 2.34. The normalized spacial score (nSPS) is 14.0. The van der Waals surface area contributed by atoms with E-state index in [9.17, 15) is 9.13 Å². The van der Waals surface area contributed by atoms with Crippen molar-refractivity contribution in [2.75, 3.05) is 14.2 Å². The fourth-order valence-electron chi connectivity index (χ4n) is 4.89. The van der Waals surface area contributed by atoms with E-state index in [2.05, 4.69) is 13.5 Å². The highest BCUT2D eigenvalue weighted by atomic mass is 31.2. The van der Waals surface area contributed by atoms with Crippen molar-refractivity contribution in [3.63, 3.8) is 0 Å². The maximum absolute atomic E-state index is 14.3. The van der Waals surface area contributed by atoms with Crippen LogP contribution in [0.5, 0.6) is 11.5 Å². The van der Waals surface area contributed by atoms with Crippen molar-refractivity contribution in [1.29, 1.82) is 0 Å². The van der Waals surface area contributed by atoms with Crippen molar-refractivity contribution in [2.24, 2.45) is 0 Å². The van der Waals surface area contributed by atoms with Crippen LogP contribution in [0, 0.1) is 6.92 Å². The highest BCUT2D eigenvalue weighted by Crippen LogP contribution is 2.55. The molecule has 2 unspecified atom stereocenters. The minimum Gasteiger partial charge on any atom is -0.420 e. The molecule has 226 valence electrons. The molecule has 0 aliphatic rings. The molecule has 0 radical (unpaired) electrons. The fourth-order valence-corrected chi connectivity index (χ4v) is 7.55. The monoisotopic (exact) mass is 618 g/mol. The van der Waals surface area contributed by atoms with E-state index >= 15 is 0 Å². The maximum Gasteiger partial charge on any atom is 0.410 e. The van der Waals surface area contributed by atoms with Crippen molar-refractivity contribution < 1.29 is 27.2 Å². The molecule has 0 bridgehead atoms. The van der Waals surface area contributed by atoms with E-state index in [4.69, 9.17) is 18.1 Å². The van der Waals surface area contributed by atoms with Gasteiger partial charge in [0.2, 0.25) is 0 Å². The summed E-state index contributed by atoms with van der Waals surface area (Å²) in [7, 11) is -4.93. The third kappa shape index (κ3) is 7.58. The Morgan fingerprint density at radius 3 is 1.70 bits per heavy atom. The molecule has 0 fully saturated rings. The first-order valence-corrected chi connectivity index (χ1v) is 17.5. The Bertz CT molecular complexity index is 1570. The first-order valence-electron chi connectivity index (χ1n) is 14.4. The Morgan fingerprint density at radius 1 is 0.744 bits per heavy atom. The van der Waals surface area contributed by atoms with Crippen LogP contribution in [0.15, 0.2) is 97.6 Å². The predicted octanol–water partition coefficient (Wildman–Crippen LogP) is 9.52. The molecule has 0 amide bonds. The highest BCUT2D eigenvalue weighted by molar-refractivity contribution is 7.63. The molecule has 2 atom stereocenters. The molecule has 0 heterocycles. The lowest BCUT2D eigenvalue weighted by Gasteiger charge is -2.25. The number of unbranched alkanes of at least 4 members (excludes halogenated alkanes) is 2. The smallest absolute Gasteiger partial charge is 0.410 e. The van der Waals surface area contributed by atoms with Gasteiger partial charge in [0.1, 0.15) is 11.5 Å². The zero-order valence-electron chi connectivity index (χ0n) is 25.5. The van der Waals surface area contributed by atoms with E-state index < -0.39 is 15.2 Å². The maximum atomic E-state index is 14.3. The van der Waals surface area contributed by atoms with Gasteiger partial charge in [0.05, 0.1) is 16.2 Å². The third-order valence-electron chi connectivity index (χ3n) is 7.16. The Balaban J connectivity index is 2.04. The lowest BCUT2D eigenvalue weighted by molar-refractivity contribution is 0.330. The summed E-state index contributed by atoms with van der Waals surface area (Å²) in [6, 6.07) is 27.4. The number of rotatable bonds is 14. The van der Waals surface area contributed by atoms with Gasteiger partial charge in [-0.2, -0.15) is 0 Å². The van der Waals surface area contributed by atoms with Gasteiger partial charge in [-0.15, -0.1) is 0 Å². The van der Waals surface area contributed by atoms with Gasteiger partial charge < -0.3 is 9.05 Å². The Kier molecular flexibility index (Phi) is 10.9. The van der Waals surface area contributed by atoms with Gasteiger partial charge in [0, 0.05) is 14.2 Å². The summed E-state index contributed by atoms with van der Waals surface area (Å²) < 4.78 is 52.6. The molecule has 4 aromatic carbocycles. The molecule has 0 aliphatic heterocycles. The summed E-state index contributed by atoms with van der Waals surface area (Å²) in [6.07, 6.45) is 3.73. The van der Waals surface area contributed by atoms with Crippen LogP contribution < -0.4 is 19.7 Å². The molecular weight excluding hydrogens is 578 g/mol. The lowest BCUT2D eigenvalue weighted by Crippen LogP contribution is -2.13. The molecule has 0 saturated carbocycles. The van der Waals surface area contributed by atoms with E-state index in [1.54, 1.807) is 48.5 Å². The van der Waals surface area contributed by atoms with Crippen LogP contribution in [0.3, 0.4) is 0 Å². The summed E-state index contributed by atoms with van der Waals surface area (Å²) in [4.78, 5) is 0. The second-order valence-corrected chi connectivity index (χ2v) is 14.6. The van der Waals surface area contributed by atoms with Gasteiger partial charge in [-0.25, -0.2) is 9.13 Å². The van der Waals surface area contributed by atoms with Crippen molar-refractivity contribution in [2.45, 2.75) is 46.5 Å². The summed E-state index contributed by atoms with van der Waals surface area (Å²) in [5.41, 5.74) is 4.76. The number of allylic oxidation sites excluding steroid dienone is 1. The van der Waals surface area contributed by atoms with Gasteiger partial charge in [-0.05, 0) is 79.8 Å². The molecule has 0 spiro atoms. The van der Waals surface area contributed by atoms with E-state index in [-0.39, 0.29) is 0 Å². The van der Waals surface area contributed by atoms with E-state index in [0.717, 1.165) is 47.1 Å². The molecule has 6 nitrogen and oxygen atoms in total. The molecule has 0 saturated heterocycles. The SMILES string of the molecule is C=C(C)c1ccc(C)cc1-c1c(OP(=O)(OC)c2ccccc2)cc(CCCCC)cc1OP(=O)(OC)c1ccccc1. The molecular formula is C35H40O6P2. The summed E-state index contributed by atoms with van der Waals surface area (Å²) >= 11 is 0. The summed E-state index contributed by atoms with van der Waals surface area (Å²) in [6.45, 7) is 10.3. The molecule has 4 aromatic rings.